The number of hydrazine groups is 1. The first-order chi connectivity index (χ1) is 18.0. The summed E-state index contributed by atoms with van der Waals surface area (Å²) in [6, 6.07) is 10.9. The summed E-state index contributed by atoms with van der Waals surface area (Å²) in [4.78, 5) is 25.1. The molecular formula is C25H32N4O7S2. The number of nitrogens with one attached hydrogen (secondary N) is 2. The highest BCUT2D eigenvalue weighted by molar-refractivity contribution is 7.89. The van der Waals surface area contributed by atoms with Crippen molar-refractivity contribution in [2.45, 2.75) is 55.1 Å². The van der Waals surface area contributed by atoms with Crippen molar-refractivity contribution in [2.24, 2.45) is 0 Å². The van der Waals surface area contributed by atoms with E-state index in [4.69, 9.17) is 4.74 Å². The van der Waals surface area contributed by atoms with Crippen molar-refractivity contribution in [1.29, 1.82) is 0 Å². The number of carbonyl (C=O) groups excluding carboxylic acids is 2. The predicted octanol–water partition coefficient (Wildman–Crippen LogP) is 1.73. The molecule has 0 spiro atoms. The van der Waals surface area contributed by atoms with Gasteiger partial charge in [-0.15, -0.1) is 0 Å². The van der Waals surface area contributed by atoms with E-state index in [0.29, 0.717) is 13.1 Å². The van der Waals surface area contributed by atoms with Crippen LogP contribution in [0.4, 0.5) is 0 Å². The Kier molecular flexibility index (Phi) is 8.52. The van der Waals surface area contributed by atoms with Gasteiger partial charge < -0.3 is 4.74 Å². The molecule has 2 aliphatic rings. The van der Waals surface area contributed by atoms with Gasteiger partial charge in [0, 0.05) is 37.3 Å². The Morgan fingerprint density at radius 2 is 1.08 bits per heavy atom. The Balaban J connectivity index is 1.35. The lowest BCUT2D eigenvalue weighted by Gasteiger charge is -2.34. The van der Waals surface area contributed by atoms with Crippen molar-refractivity contribution in [3.63, 3.8) is 0 Å². The zero-order chi connectivity index (χ0) is 27.5. The smallest absolute Gasteiger partial charge is 0.269 e. The lowest BCUT2D eigenvalue weighted by Crippen LogP contribution is -2.48. The lowest BCUT2D eigenvalue weighted by molar-refractivity contribution is -0.0440. The average molecular weight is 565 g/mol. The first-order valence-corrected chi connectivity index (χ1v) is 15.3. The standard InChI is InChI=1S/C25H32N4O7S2/c1-18-16-29(17-19(2)36-18)38(34,35)23-12-8-21(9-13-23)25(31)27-26-24(30)20-6-10-22(11-7-20)37(32,33)28-14-4-3-5-15-28/h6-13,18-19H,3-5,14-17H2,1-2H3,(H,26,30)(H,27,31)/t18-,19+. The highest BCUT2D eigenvalue weighted by Crippen LogP contribution is 2.22. The molecular weight excluding hydrogens is 532 g/mol. The van der Waals surface area contributed by atoms with Crippen molar-refractivity contribution in [3.05, 3.63) is 59.7 Å². The summed E-state index contributed by atoms with van der Waals surface area (Å²) in [5.41, 5.74) is 4.89. The molecule has 38 heavy (non-hydrogen) atoms. The number of carbonyl (C=O) groups is 2. The molecule has 206 valence electrons. The van der Waals surface area contributed by atoms with Gasteiger partial charge in [-0.1, -0.05) is 6.42 Å². The number of benzene rings is 2. The molecule has 2 aliphatic heterocycles. The molecule has 2 amide bonds. The summed E-state index contributed by atoms with van der Waals surface area (Å²) in [5, 5.41) is 0. The molecule has 0 aliphatic carbocycles. The second-order valence-corrected chi connectivity index (χ2v) is 13.4. The van der Waals surface area contributed by atoms with E-state index in [1.807, 2.05) is 13.8 Å². The number of ether oxygens (including phenoxy) is 1. The number of hydrogen-bond acceptors (Lipinski definition) is 7. The zero-order valence-corrected chi connectivity index (χ0v) is 22.9. The van der Waals surface area contributed by atoms with E-state index in [2.05, 4.69) is 10.9 Å². The molecule has 0 saturated carbocycles. The van der Waals surface area contributed by atoms with Crippen molar-refractivity contribution < 1.29 is 31.2 Å². The molecule has 2 saturated heterocycles. The molecule has 0 unspecified atom stereocenters. The van der Waals surface area contributed by atoms with E-state index < -0.39 is 31.9 Å². The Bertz CT molecular complexity index is 1360. The second kappa shape index (κ2) is 11.5. The van der Waals surface area contributed by atoms with Gasteiger partial charge in [0.2, 0.25) is 20.0 Å². The summed E-state index contributed by atoms with van der Waals surface area (Å²) in [6.07, 6.45) is 2.21. The van der Waals surface area contributed by atoms with Crippen LogP contribution in [0.15, 0.2) is 58.3 Å². The number of morpholine rings is 1. The van der Waals surface area contributed by atoms with E-state index in [-0.39, 0.29) is 46.2 Å². The molecule has 13 heteroatoms. The Labute approximate surface area is 223 Å². The van der Waals surface area contributed by atoms with Gasteiger partial charge in [0.1, 0.15) is 0 Å². The maximum absolute atomic E-state index is 13.0. The number of hydrogen-bond donors (Lipinski definition) is 2. The van der Waals surface area contributed by atoms with E-state index in [9.17, 15) is 26.4 Å². The maximum Gasteiger partial charge on any atom is 0.269 e. The first-order valence-electron chi connectivity index (χ1n) is 12.4. The van der Waals surface area contributed by atoms with Gasteiger partial charge in [-0.05, 0) is 75.2 Å². The van der Waals surface area contributed by atoms with Crippen LogP contribution in [-0.4, -0.2) is 75.6 Å². The summed E-state index contributed by atoms with van der Waals surface area (Å²) >= 11 is 0. The van der Waals surface area contributed by atoms with Gasteiger partial charge >= 0.3 is 0 Å². The van der Waals surface area contributed by atoms with Crippen molar-refractivity contribution >= 4 is 31.9 Å². The van der Waals surface area contributed by atoms with Gasteiger partial charge in [0.15, 0.2) is 0 Å². The van der Waals surface area contributed by atoms with Gasteiger partial charge in [-0.3, -0.25) is 20.4 Å². The second-order valence-electron chi connectivity index (χ2n) is 9.50. The average Bonchev–Trinajstić information content (AvgIpc) is 2.91. The number of amides is 2. The van der Waals surface area contributed by atoms with E-state index in [0.717, 1.165) is 19.3 Å². The number of sulfonamides is 2. The molecule has 2 fully saturated rings. The lowest BCUT2D eigenvalue weighted by atomic mass is 10.2. The summed E-state index contributed by atoms with van der Waals surface area (Å²) in [6.45, 7) is 5.07. The molecule has 2 atom stereocenters. The predicted molar refractivity (Wildman–Crippen MR) is 139 cm³/mol. The highest BCUT2D eigenvalue weighted by atomic mass is 32.2. The third kappa shape index (κ3) is 6.24. The zero-order valence-electron chi connectivity index (χ0n) is 21.3. The van der Waals surface area contributed by atoms with E-state index in [1.165, 1.54) is 57.1 Å². The van der Waals surface area contributed by atoms with Crippen LogP contribution in [0.25, 0.3) is 0 Å². The van der Waals surface area contributed by atoms with Crippen LogP contribution < -0.4 is 10.9 Å². The molecule has 2 aromatic rings. The van der Waals surface area contributed by atoms with Crippen LogP contribution in [0, 0.1) is 0 Å². The number of piperidine rings is 1. The molecule has 2 aromatic carbocycles. The van der Waals surface area contributed by atoms with Crippen molar-refractivity contribution in [2.75, 3.05) is 26.2 Å². The molecule has 11 nitrogen and oxygen atoms in total. The Morgan fingerprint density at radius 1 is 0.684 bits per heavy atom. The number of rotatable bonds is 6. The summed E-state index contributed by atoms with van der Waals surface area (Å²) < 4.78 is 59.9. The minimum atomic E-state index is -3.75. The fraction of sp³-hybridized carbons (Fsp3) is 0.440. The van der Waals surface area contributed by atoms with Crippen LogP contribution in [0.5, 0.6) is 0 Å². The van der Waals surface area contributed by atoms with Crippen LogP contribution in [0.1, 0.15) is 53.8 Å². The van der Waals surface area contributed by atoms with E-state index >= 15 is 0 Å². The summed E-state index contributed by atoms with van der Waals surface area (Å²) in [5.74, 6) is -1.27. The minimum absolute atomic E-state index is 0.0546. The highest BCUT2D eigenvalue weighted by Gasteiger charge is 2.32. The molecule has 2 heterocycles. The Hall–Kier alpha value is -2.84. The fourth-order valence-corrected chi connectivity index (χ4v) is 7.65. The van der Waals surface area contributed by atoms with Gasteiger partial charge in [-0.2, -0.15) is 8.61 Å². The monoisotopic (exact) mass is 564 g/mol. The first kappa shape index (κ1) is 28.2. The fourth-order valence-electron chi connectivity index (χ4n) is 4.54. The normalized spacial score (nSPS) is 21.5. The van der Waals surface area contributed by atoms with Gasteiger partial charge in [0.25, 0.3) is 11.8 Å². The van der Waals surface area contributed by atoms with Crippen LogP contribution in [0.2, 0.25) is 0 Å². The third-order valence-corrected chi connectivity index (χ3v) is 10.3. The van der Waals surface area contributed by atoms with Gasteiger partial charge in [-0.25, -0.2) is 16.8 Å². The number of nitrogens with zero attached hydrogens (tertiary/aromatic N) is 2. The van der Waals surface area contributed by atoms with Crippen LogP contribution in [0.3, 0.4) is 0 Å². The van der Waals surface area contributed by atoms with Crippen molar-refractivity contribution in [1.82, 2.24) is 19.5 Å². The van der Waals surface area contributed by atoms with Crippen LogP contribution >= 0.6 is 0 Å². The SMILES string of the molecule is C[C@@H]1CN(S(=O)(=O)c2ccc(C(=O)NNC(=O)c3ccc(S(=O)(=O)N4CCCCC4)cc3)cc2)C[C@H](C)O1. The van der Waals surface area contributed by atoms with Crippen molar-refractivity contribution in [3.8, 4) is 0 Å². The quantitative estimate of drug-likeness (QED) is 0.509. The minimum Gasteiger partial charge on any atom is -0.373 e. The topological polar surface area (TPSA) is 142 Å². The molecule has 2 N–H and O–H groups in total. The third-order valence-electron chi connectivity index (χ3n) is 6.50. The maximum atomic E-state index is 13.0. The molecule has 4 rings (SSSR count). The van der Waals surface area contributed by atoms with Gasteiger partial charge in [0.05, 0.1) is 22.0 Å². The van der Waals surface area contributed by atoms with Crippen LogP contribution in [-0.2, 0) is 24.8 Å². The van der Waals surface area contributed by atoms with E-state index in [1.54, 1.807) is 0 Å². The largest absolute Gasteiger partial charge is 0.373 e. The molecule has 0 aromatic heterocycles. The summed E-state index contributed by atoms with van der Waals surface area (Å²) in [7, 11) is -7.36. The molecule has 0 bridgehead atoms. The molecule has 0 radical (unpaired) electrons. The Morgan fingerprint density at radius 3 is 1.50 bits per heavy atom.